The van der Waals surface area contributed by atoms with Crippen molar-refractivity contribution in [2.45, 2.75) is 96.8 Å². The normalized spacial score (nSPS) is 18.0. The van der Waals surface area contributed by atoms with Gasteiger partial charge in [0.05, 0.1) is 11.1 Å². The zero-order valence-corrected chi connectivity index (χ0v) is 20.4. The van der Waals surface area contributed by atoms with Crippen LogP contribution in [-0.2, 0) is 6.42 Å². The lowest BCUT2D eigenvalue weighted by atomic mass is 9.77. The van der Waals surface area contributed by atoms with Gasteiger partial charge in [0.25, 0.3) is 0 Å². The molecule has 0 aromatic heterocycles. The van der Waals surface area contributed by atoms with Crippen molar-refractivity contribution < 1.29 is 9.53 Å². The predicted molar refractivity (Wildman–Crippen MR) is 135 cm³/mol. The summed E-state index contributed by atoms with van der Waals surface area (Å²) >= 11 is 0. The van der Waals surface area contributed by atoms with Crippen LogP contribution < -0.4 is 4.74 Å². The van der Waals surface area contributed by atoms with E-state index in [1.165, 1.54) is 69.8 Å². The van der Waals surface area contributed by atoms with Gasteiger partial charge in [-0.05, 0) is 85.8 Å². The number of unbranched alkanes of at least 4 members (excludes halogenated alkanes) is 4. The van der Waals surface area contributed by atoms with Gasteiger partial charge in [0.2, 0.25) is 0 Å². The van der Waals surface area contributed by atoms with E-state index in [-0.39, 0.29) is 0 Å². The summed E-state index contributed by atoms with van der Waals surface area (Å²) in [7, 11) is 0. The highest BCUT2D eigenvalue weighted by Gasteiger charge is 2.22. The van der Waals surface area contributed by atoms with Crippen molar-refractivity contribution in [2.24, 2.45) is 5.92 Å². The number of rotatable bonds is 11. The van der Waals surface area contributed by atoms with E-state index in [0.717, 1.165) is 24.3 Å². The van der Waals surface area contributed by atoms with E-state index in [1.807, 2.05) is 24.3 Å². The first kappa shape index (κ1) is 25.0. The lowest BCUT2D eigenvalue weighted by Crippen LogP contribution is -2.14. The van der Waals surface area contributed by atoms with E-state index < -0.39 is 5.97 Å². The Hall–Kier alpha value is -2.60. The van der Waals surface area contributed by atoms with Gasteiger partial charge in [0.15, 0.2) is 0 Å². The second-order valence-corrected chi connectivity index (χ2v) is 9.62. The number of nitriles is 1. The summed E-state index contributed by atoms with van der Waals surface area (Å²) in [5.41, 5.74) is 3.39. The molecule has 0 heterocycles. The minimum atomic E-state index is -0.406. The first-order valence-electron chi connectivity index (χ1n) is 13.0. The van der Waals surface area contributed by atoms with Crippen LogP contribution in [0.3, 0.4) is 0 Å². The molecular weight excluding hydrogens is 406 g/mol. The fourth-order valence-electron chi connectivity index (χ4n) is 5.01. The van der Waals surface area contributed by atoms with Gasteiger partial charge >= 0.3 is 5.97 Å². The fraction of sp³-hybridized carbons (Fsp3) is 0.533. The summed E-state index contributed by atoms with van der Waals surface area (Å²) in [6, 6.07) is 15.6. The molecular formula is C30H39NO2. The van der Waals surface area contributed by atoms with Crippen LogP contribution in [0.25, 0.3) is 0 Å². The zero-order chi connectivity index (χ0) is 23.5. The summed E-state index contributed by atoms with van der Waals surface area (Å²) in [6.07, 6.45) is 14.9. The molecule has 3 heteroatoms. The number of carbonyl (C=O) groups is 1. The molecule has 2 aromatic rings. The number of benzene rings is 2. The van der Waals surface area contributed by atoms with Crippen LogP contribution in [0.1, 0.15) is 117 Å². The van der Waals surface area contributed by atoms with Crippen molar-refractivity contribution in [3.63, 3.8) is 0 Å². The van der Waals surface area contributed by atoms with Gasteiger partial charge in [0, 0.05) is 0 Å². The van der Waals surface area contributed by atoms with Crippen molar-refractivity contribution in [3.8, 4) is 11.8 Å². The van der Waals surface area contributed by atoms with Gasteiger partial charge in [-0.1, -0.05) is 70.6 Å². The molecule has 176 valence electrons. The summed E-state index contributed by atoms with van der Waals surface area (Å²) in [6.45, 7) is 4.44. The van der Waals surface area contributed by atoms with Crippen molar-refractivity contribution >= 4 is 5.97 Å². The molecule has 1 aliphatic carbocycles. The smallest absolute Gasteiger partial charge is 0.343 e. The molecule has 0 bridgehead atoms. The van der Waals surface area contributed by atoms with Crippen LogP contribution in [0.15, 0.2) is 42.5 Å². The Labute approximate surface area is 200 Å². The van der Waals surface area contributed by atoms with E-state index in [2.05, 4.69) is 32.0 Å². The van der Waals surface area contributed by atoms with Gasteiger partial charge in [-0.15, -0.1) is 0 Å². The van der Waals surface area contributed by atoms with Gasteiger partial charge < -0.3 is 4.74 Å². The third kappa shape index (κ3) is 7.46. The third-order valence-electron chi connectivity index (χ3n) is 7.12. The molecule has 0 saturated heterocycles. The molecule has 3 nitrogen and oxygen atoms in total. The van der Waals surface area contributed by atoms with Gasteiger partial charge in [-0.3, -0.25) is 0 Å². The standard InChI is InChI=1S/C30H39NO2/c1-3-5-7-9-23-11-14-25(15-12-23)26-16-18-27(19-17-26)30(32)33-29-20-13-24(10-8-6-4-2)21-28(29)22-31/h13,16-21,23,25H,3-12,14-15H2,1-2H3/t23-,25-. The highest BCUT2D eigenvalue weighted by atomic mass is 16.5. The highest BCUT2D eigenvalue weighted by molar-refractivity contribution is 5.91. The van der Waals surface area contributed by atoms with Crippen molar-refractivity contribution in [2.75, 3.05) is 0 Å². The first-order chi connectivity index (χ1) is 16.1. The lowest BCUT2D eigenvalue weighted by Gasteiger charge is -2.29. The second kappa shape index (κ2) is 13.2. The molecule has 0 unspecified atom stereocenters. The lowest BCUT2D eigenvalue weighted by molar-refractivity contribution is 0.0734. The molecule has 1 saturated carbocycles. The van der Waals surface area contributed by atoms with Crippen LogP contribution >= 0.6 is 0 Å². The SMILES string of the molecule is CCCCCc1ccc(OC(=O)c2ccc([C@H]3CC[C@H](CCCCC)CC3)cc2)c(C#N)c1. The Kier molecular flexibility index (Phi) is 10.0. The maximum absolute atomic E-state index is 12.7. The highest BCUT2D eigenvalue weighted by Crippen LogP contribution is 2.37. The molecule has 0 amide bonds. The Morgan fingerprint density at radius 1 is 0.939 bits per heavy atom. The topological polar surface area (TPSA) is 50.1 Å². The van der Waals surface area contributed by atoms with E-state index in [0.29, 0.717) is 22.8 Å². The second-order valence-electron chi connectivity index (χ2n) is 9.62. The number of aryl methyl sites for hydroxylation is 1. The van der Waals surface area contributed by atoms with Crippen molar-refractivity contribution in [1.29, 1.82) is 5.26 Å². The third-order valence-corrected chi connectivity index (χ3v) is 7.12. The summed E-state index contributed by atoms with van der Waals surface area (Å²) < 4.78 is 5.59. The molecule has 1 fully saturated rings. The molecule has 0 atom stereocenters. The van der Waals surface area contributed by atoms with Crippen LogP contribution in [0.4, 0.5) is 0 Å². The number of esters is 1. The quantitative estimate of drug-likeness (QED) is 0.198. The van der Waals surface area contributed by atoms with E-state index in [4.69, 9.17) is 4.74 Å². The fourth-order valence-corrected chi connectivity index (χ4v) is 5.01. The minimum absolute atomic E-state index is 0.340. The molecule has 0 N–H and O–H groups in total. The number of ether oxygens (including phenoxy) is 1. The minimum Gasteiger partial charge on any atom is -0.422 e. The molecule has 33 heavy (non-hydrogen) atoms. The van der Waals surface area contributed by atoms with Crippen LogP contribution in [0.5, 0.6) is 5.75 Å². The predicted octanol–water partition coefficient (Wildman–Crippen LogP) is 8.36. The van der Waals surface area contributed by atoms with Crippen molar-refractivity contribution in [3.05, 3.63) is 64.7 Å². The maximum Gasteiger partial charge on any atom is 0.343 e. The first-order valence-corrected chi connectivity index (χ1v) is 13.0. The Morgan fingerprint density at radius 3 is 2.30 bits per heavy atom. The van der Waals surface area contributed by atoms with Crippen LogP contribution in [-0.4, -0.2) is 5.97 Å². The summed E-state index contributed by atoms with van der Waals surface area (Å²) in [5.74, 6) is 1.43. The maximum atomic E-state index is 12.7. The number of hydrogen-bond donors (Lipinski definition) is 0. The molecule has 0 radical (unpaired) electrons. The summed E-state index contributed by atoms with van der Waals surface area (Å²) in [5, 5.41) is 9.52. The van der Waals surface area contributed by atoms with E-state index in [9.17, 15) is 10.1 Å². The van der Waals surface area contributed by atoms with E-state index >= 15 is 0 Å². The van der Waals surface area contributed by atoms with Crippen molar-refractivity contribution in [1.82, 2.24) is 0 Å². The molecule has 0 aliphatic heterocycles. The van der Waals surface area contributed by atoms with Gasteiger partial charge in [0.1, 0.15) is 11.8 Å². The average molecular weight is 446 g/mol. The Morgan fingerprint density at radius 2 is 1.64 bits per heavy atom. The molecule has 3 rings (SSSR count). The average Bonchev–Trinajstić information content (AvgIpc) is 2.85. The van der Waals surface area contributed by atoms with Crippen LogP contribution in [0.2, 0.25) is 0 Å². The van der Waals surface area contributed by atoms with Crippen LogP contribution in [0, 0.1) is 17.2 Å². The zero-order valence-electron chi connectivity index (χ0n) is 20.4. The number of hydrogen-bond acceptors (Lipinski definition) is 3. The van der Waals surface area contributed by atoms with Gasteiger partial charge in [-0.2, -0.15) is 5.26 Å². The van der Waals surface area contributed by atoms with Gasteiger partial charge in [-0.25, -0.2) is 4.79 Å². The summed E-state index contributed by atoms with van der Waals surface area (Å²) in [4.78, 5) is 12.7. The monoisotopic (exact) mass is 445 g/mol. The molecule has 2 aromatic carbocycles. The van der Waals surface area contributed by atoms with E-state index in [1.54, 1.807) is 6.07 Å². The number of carbonyl (C=O) groups excluding carboxylic acids is 1. The Balaban J connectivity index is 1.55. The largest absolute Gasteiger partial charge is 0.422 e. The Bertz CT molecular complexity index is 917. The molecule has 1 aliphatic rings. The molecule has 0 spiro atoms. The number of nitrogens with zero attached hydrogens (tertiary/aromatic N) is 1.